The summed E-state index contributed by atoms with van der Waals surface area (Å²) in [7, 11) is 0. The van der Waals surface area contributed by atoms with Crippen LogP contribution in [0, 0.1) is 0 Å². The molecule has 0 radical (unpaired) electrons. The van der Waals surface area contributed by atoms with Crippen LogP contribution in [0.1, 0.15) is 0 Å². The molecular formula is C4H3IO3. The molecule has 1 aliphatic rings. The van der Waals surface area contributed by atoms with Gasteiger partial charge in [-0.05, 0) is 0 Å². The lowest BCUT2D eigenvalue weighted by atomic mass is 10.6. The fourth-order valence-corrected chi connectivity index (χ4v) is 0.303. The van der Waals surface area contributed by atoms with Crippen molar-refractivity contribution in [1.82, 2.24) is 0 Å². The topological polar surface area (TPSA) is 43.4 Å². The Balaban J connectivity index is 0.000000490. The molecule has 0 fully saturated rings. The maximum atomic E-state index is 9.92. The van der Waals surface area contributed by atoms with Crippen molar-refractivity contribution in [2.24, 2.45) is 0 Å². The largest absolute Gasteiger partial charge is 0.387 e. The molecule has 1 aliphatic heterocycles. The zero-order valence-electron chi connectivity index (χ0n) is 3.79. The molecule has 0 spiro atoms. The lowest BCUT2D eigenvalue weighted by Crippen LogP contribution is -1.96. The van der Waals surface area contributed by atoms with Crippen LogP contribution < -0.4 is 0 Å². The summed E-state index contributed by atoms with van der Waals surface area (Å²) in [6.45, 7) is 0. The van der Waals surface area contributed by atoms with Crippen molar-refractivity contribution < 1.29 is 14.3 Å². The summed E-state index contributed by atoms with van der Waals surface area (Å²) in [5.41, 5.74) is 0. The van der Waals surface area contributed by atoms with Crippen molar-refractivity contribution in [3.8, 4) is 0 Å². The van der Waals surface area contributed by atoms with Crippen molar-refractivity contribution in [1.29, 1.82) is 0 Å². The number of esters is 2. The Morgan fingerprint density at radius 3 is 1.62 bits per heavy atom. The van der Waals surface area contributed by atoms with Gasteiger partial charge < -0.3 is 4.74 Å². The Kier molecular flexibility index (Phi) is 2.67. The molecule has 44 valence electrons. The van der Waals surface area contributed by atoms with E-state index in [9.17, 15) is 9.59 Å². The molecular weight excluding hydrogens is 223 g/mol. The summed E-state index contributed by atoms with van der Waals surface area (Å²) in [4.78, 5) is 19.8. The molecule has 0 aliphatic carbocycles. The molecule has 8 heavy (non-hydrogen) atoms. The molecule has 3 nitrogen and oxygen atoms in total. The third kappa shape index (κ3) is 1.61. The average molecular weight is 226 g/mol. The summed E-state index contributed by atoms with van der Waals surface area (Å²) in [6.07, 6.45) is 2.17. The van der Waals surface area contributed by atoms with E-state index in [1.807, 2.05) is 0 Å². The summed E-state index contributed by atoms with van der Waals surface area (Å²) in [6, 6.07) is 0. The predicted molar refractivity (Wildman–Crippen MR) is 35.7 cm³/mol. The van der Waals surface area contributed by atoms with E-state index in [4.69, 9.17) is 0 Å². The van der Waals surface area contributed by atoms with E-state index >= 15 is 0 Å². The van der Waals surface area contributed by atoms with Gasteiger partial charge in [-0.3, -0.25) is 0 Å². The second-order valence-corrected chi connectivity index (χ2v) is 1.07. The Hall–Kier alpha value is -0.390. The van der Waals surface area contributed by atoms with Gasteiger partial charge >= 0.3 is 11.9 Å². The first-order chi connectivity index (χ1) is 3.29. The quantitative estimate of drug-likeness (QED) is 0.337. The van der Waals surface area contributed by atoms with Crippen molar-refractivity contribution in [2.75, 3.05) is 0 Å². The van der Waals surface area contributed by atoms with E-state index in [2.05, 4.69) is 4.74 Å². The van der Waals surface area contributed by atoms with Crippen LogP contribution in [0.15, 0.2) is 12.2 Å². The Morgan fingerprint density at radius 1 is 1.12 bits per heavy atom. The molecule has 0 N–H and O–H groups in total. The normalized spacial score (nSPS) is 15.5. The Morgan fingerprint density at radius 2 is 1.50 bits per heavy atom. The monoisotopic (exact) mass is 226 g/mol. The van der Waals surface area contributed by atoms with Crippen molar-refractivity contribution in [3.05, 3.63) is 12.2 Å². The molecule has 0 saturated heterocycles. The fraction of sp³-hybridized carbons (Fsp3) is 0. The highest BCUT2D eigenvalue weighted by Crippen LogP contribution is 1.92. The van der Waals surface area contributed by atoms with Gasteiger partial charge in [0.05, 0.1) is 0 Å². The van der Waals surface area contributed by atoms with Gasteiger partial charge in [-0.25, -0.2) is 9.59 Å². The SMILES string of the molecule is I.O=C1C=CC(=O)O1. The van der Waals surface area contributed by atoms with Gasteiger partial charge in [0, 0.05) is 12.2 Å². The second kappa shape index (κ2) is 2.81. The lowest BCUT2D eigenvalue weighted by molar-refractivity contribution is -0.150. The summed E-state index contributed by atoms with van der Waals surface area (Å²) >= 11 is 0. The van der Waals surface area contributed by atoms with E-state index in [-0.39, 0.29) is 24.0 Å². The fourth-order valence-electron chi connectivity index (χ4n) is 0.303. The first-order valence-electron chi connectivity index (χ1n) is 1.73. The standard InChI is InChI=1S/C4H2O3.HI/c5-3-1-2-4(6)7-3;/h1-2H;1H. The smallest absolute Gasteiger partial charge is 0.338 e. The molecule has 0 amide bonds. The molecule has 1 heterocycles. The highest BCUT2D eigenvalue weighted by Gasteiger charge is 2.10. The zero-order valence-corrected chi connectivity index (χ0v) is 6.12. The number of hydrogen-bond donors (Lipinski definition) is 0. The van der Waals surface area contributed by atoms with Crippen LogP contribution in [-0.4, -0.2) is 11.9 Å². The number of hydrogen-bond acceptors (Lipinski definition) is 3. The van der Waals surface area contributed by atoms with Crippen LogP contribution in [0.4, 0.5) is 0 Å². The van der Waals surface area contributed by atoms with E-state index < -0.39 is 11.9 Å². The molecule has 0 bridgehead atoms. The molecule has 0 aromatic heterocycles. The maximum Gasteiger partial charge on any atom is 0.338 e. The van der Waals surface area contributed by atoms with Crippen LogP contribution >= 0.6 is 24.0 Å². The van der Waals surface area contributed by atoms with Crippen LogP contribution in [-0.2, 0) is 14.3 Å². The molecule has 4 heteroatoms. The van der Waals surface area contributed by atoms with Crippen molar-refractivity contribution in [2.45, 2.75) is 0 Å². The molecule has 0 atom stereocenters. The van der Waals surface area contributed by atoms with Crippen molar-refractivity contribution >= 4 is 35.9 Å². The minimum Gasteiger partial charge on any atom is -0.387 e. The molecule has 0 saturated carbocycles. The lowest BCUT2D eigenvalue weighted by Gasteiger charge is -1.80. The van der Waals surface area contributed by atoms with Crippen LogP contribution in [0.2, 0.25) is 0 Å². The number of carbonyl (C=O) groups is 2. The molecule has 0 unspecified atom stereocenters. The Bertz CT molecular complexity index is 133. The number of rotatable bonds is 0. The number of cyclic esters (lactones) is 2. The van der Waals surface area contributed by atoms with Gasteiger partial charge in [0.2, 0.25) is 0 Å². The second-order valence-electron chi connectivity index (χ2n) is 1.07. The first kappa shape index (κ1) is 7.61. The minimum absolute atomic E-state index is 0. The van der Waals surface area contributed by atoms with Crippen molar-refractivity contribution in [3.63, 3.8) is 0 Å². The summed E-state index contributed by atoms with van der Waals surface area (Å²) < 4.78 is 3.97. The van der Waals surface area contributed by atoms with Gasteiger partial charge in [-0.2, -0.15) is 0 Å². The van der Waals surface area contributed by atoms with Gasteiger partial charge in [-0.15, -0.1) is 24.0 Å². The van der Waals surface area contributed by atoms with E-state index in [1.54, 1.807) is 0 Å². The zero-order chi connectivity index (χ0) is 5.28. The molecule has 1 rings (SSSR count). The maximum absolute atomic E-state index is 9.92. The van der Waals surface area contributed by atoms with Gasteiger partial charge in [0.25, 0.3) is 0 Å². The Labute approximate surface area is 62.7 Å². The highest BCUT2D eigenvalue weighted by molar-refractivity contribution is 14.0. The summed E-state index contributed by atoms with van der Waals surface area (Å²) in [5, 5.41) is 0. The van der Waals surface area contributed by atoms with Gasteiger partial charge in [-0.1, -0.05) is 0 Å². The average Bonchev–Trinajstić information content (AvgIpc) is 1.87. The number of ether oxygens (including phenoxy) is 1. The van der Waals surface area contributed by atoms with Gasteiger partial charge in [0.1, 0.15) is 0 Å². The summed E-state index contributed by atoms with van der Waals surface area (Å²) in [5.74, 6) is -1.16. The van der Waals surface area contributed by atoms with Crippen LogP contribution in [0.25, 0.3) is 0 Å². The molecule has 0 aromatic rings. The minimum atomic E-state index is -0.579. The number of carbonyl (C=O) groups excluding carboxylic acids is 2. The third-order valence-electron chi connectivity index (χ3n) is 0.557. The van der Waals surface area contributed by atoms with Crippen LogP contribution in [0.3, 0.4) is 0 Å². The first-order valence-corrected chi connectivity index (χ1v) is 1.73. The van der Waals surface area contributed by atoms with Gasteiger partial charge in [0.15, 0.2) is 0 Å². The van der Waals surface area contributed by atoms with E-state index in [1.165, 1.54) is 0 Å². The predicted octanol–water partition coefficient (Wildman–Crippen LogP) is 0.244. The third-order valence-corrected chi connectivity index (χ3v) is 0.557. The van der Waals surface area contributed by atoms with E-state index in [0.717, 1.165) is 12.2 Å². The molecule has 0 aromatic carbocycles. The highest BCUT2D eigenvalue weighted by atomic mass is 127. The number of halogens is 1. The van der Waals surface area contributed by atoms with E-state index in [0.29, 0.717) is 0 Å². The van der Waals surface area contributed by atoms with Crippen LogP contribution in [0.5, 0.6) is 0 Å².